The zero-order valence-electron chi connectivity index (χ0n) is 15.2. The van der Waals surface area contributed by atoms with Crippen LogP contribution in [0.1, 0.15) is 31.1 Å². The topological polar surface area (TPSA) is 72.6 Å². The molecule has 1 atom stereocenters. The zero-order valence-corrected chi connectivity index (χ0v) is 16.8. The van der Waals surface area contributed by atoms with Crippen molar-refractivity contribution in [1.82, 2.24) is 4.98 Å². The van der Waals surface area contributed by atoms with Crippen LogP contribution >= 0.6 is 23.1 Å². The quantitative estimate of drug-likeness (QED) is 0.535. The molecule has 2 aromatic heterocycles. The van der Waals surface area contributed by atoms with Crippen LogP contribution in [0.2, 0.25) is 0 Å². The first-order chi connectivity index (χ1) is 13.7. The molecule has 154 valence electrons. The summed E-state index contributed by atoms with van der Waals surface area (Å²) in [5.74, 6) is 0.463. The van der Waals surface area contributed by atoms with Gasteiger partial charge in [0.2, 0.25) is 0 Å². The Morgan fingerprint density at radius 2 is 2.10 bits per heavy atom. The minimum Gasteiger partial charge on any atom is -0.489 e. The molecule has 4 rings (SSSR count). The summed E-state index contributed by atoms with van der Waals surface area (Å²) in [7, 11) is 0. The first kappa shape index (κ1) is 20.2. The lowest BCUT2D eigenvalue weighted by atomic mass is 9.99. The van der Waals surface area contributed by atoms with Crippen molar-refractivity contribution < 1.29 is 27.4 Å². The van der Waals surface area contributed by atoms with Crippen LogP contribution in [0.3, 0.4) is 0 Å². The van der Waals surface area contributed by atoms with E-state index in [0.29, 0.717) is 26.0 Å². The Kier molecular flexibility index (Phi) is 5.12. The predicted octanol–water partition coefficient (Wildman–Crippen LogP) is 5.10. The van der Waals surface area contributed by atoms with Gasteiger partial charge in [0.1, 0.15) is 11.3 Å². The summed E-state index contributed by atoms with van der Waals surface area (Å²) in [6, 6.07) is 6.43. The van der Waals surface area contributed by atoms with Gasteiger partial charge in [-0.15, -0.1) is 11.3 Å². The minimum atomic E-state index is -4.79. The molecular weight excluding hydrogens is 427 g/mol. The number of ether oxygens (including phenoxy) is 1. The number of alkyl halides is 3. The maximum Gasteiger partial charge on any atom is 0.422 e. The fraction of sp³-hybridized carbons (Fsp3) is 0.368. The highest BCUT2D eigenvalue weighted by molar-refractivity contribution is 8.01. The number of nitrogens with zero attached hydrogens (tertiary/aromatic N) is 1. The van der Waals surface area contributed by atoms with Crippen LogP contribution in [0, 0.1) is 0 Å². The molecule has 1 fully saturated rings. The van der Waals surface area contributed by atoms with Crippen molar-refractivity contribution in [3.05, 3.63) is 45.8 Å². The fourth-order valence-corrected chi connectivity index (χ4v) is 4.91. The Morgan fingerprint density at radius 1 is 1.34 bits per heavy atom. The van der Waals surface area contributed by atoms with Crippen molar-refractivity contribution in [2.75, 3.05) is 0 Å². The molecule has 0 aliphatic heterocycles. The Balaban J connectivity index is 1.62. The summed E-state index contributed by atoms with van der Waals surface area (Å²) in [5, 5.41) is 10.7. The third-order valence-corrected chi connectivity index (χ3v) is 6.79. The van der Waals surface area contributed by atoms with E-state index in [9.17, 15) is 23.1 Å². The van der Waals surface area contributed by atoms with Crippen molar-refractivity contribution in [1.29, 1.82) is 0 Å². The van der Waals surface area contributed by atoms with E-state index < -0.39 is 23.8 Å². The molecule has 1 N–H and O–H groups in total. The van der Waals surface area contributed by atoms with Gasteiger partial charge in [0.05, 0.1) is 22.4 Å². The summed E-state index contributed by atoms with van der Waals surface area (Å²) < 4.78 is 51.1. The van der Waals surface area contributed by atoms with Gasteiger partial charge in [-0.1, -0.05) is 18.7 Å². The number of aliphatic hydroxyl groups is 1. The van der Waals surface area contributed by atoms with E-state index in [1.54, 1.807) is 18.2 Å². The number of aromatic nitrogens is 1. The highest BCUT2D eigenvalue weighted by Gasteiger charge is 2.54. The van der Waals surface area contributed by atoms with Crippen LogP contribution < -0.4 is 10.4 Å². The normalized spacial score (nSPS) is 16.7. The molecule has 2 heterocycles. The van der Waals surface area contributed by atoms with E-state index in [-0.39, 0.29) is 11.0 Å². The van der Waals surface area contributed by atoms with E-state index in [1.165, 1.54) is 13.0 Å². The van der Waals surface area contributed by atoms with Crippen LogP contribution in [0.25, 0.3) is 11.0 Å². The van der Waals surface area contributed by atoms with E-state index in [0.717, 1.165) is 42.1 Å². The lowest BCUT2D eigenvalue weighted by Gasteiger charge is -2.27. The molecule has 0 radical (unpaired) electrons. The summed E-state index contributed by atoms with van der Waals surface area (Å²) in [6.45, 7) is 1.27. The van der Waals surface area contributed by atoms with Crippen molar-refractivity contribution in [3.63, 3.8) is 0 Å². The van der Waals surface area contributed by atoms with Crippen molar-refractivity contribution in [3.8, 4) is 5.75 Å². The monoisotopic (exact) mass is 443 g/mol. The first-order valence-electron chi connectivity index (χ1n) is 8.87. The van der Waals surface area contributed by atoms with Gasteiger partial charge in [-0.3, -0.25) is 0 Å². The van der Waals surface area contributed by atoms with Gasteiger partial charge in [-0.05, 0) is 37.5 Å². The van der Waals surface area contributed by atoms with Gasteiger partial charge >= 0.3 is 11.8 Å². The summed E-state index contributed by atoms with van der Waals surface area (Å²) in [5.41, 5.74) is -3.13. The predicted molar refractivity (Wildman–Crippen MR) is 103 cm³/mol. The molecule has 0 saturated heterocycles. The Labute approximate surface area is 171 Å². The molecule has 1 saturated carbocycles. The molecule has 1 aliphatic rings. The molecule has 10 heteroatoms. The smallest absolute Gasteiger partial charge is 0.422 e. The Morgan fingerprint density at radius 3 is 2.76 bits per heavy atom. The summed E-state index contributed by atoms with van der Waals surface area (Å²) in [4.78, 5) is 16.2. The van der Waals surface area contributed by atoms with Gasteiger partial charge in [-0.2, -0.15) is 13.2 Å². The average Bonchev–Trinajstić information content (AvgIpc) is 3.34. The molecule has 0 bridgehead atoms. The van der Waals surface area contributed by atoms with Gasteiger partial charge in [-0.25, -0.2) is 9.78 Å². The van der Waals surface area contributed by atoms with Crippen LogP contribution in [0.5, 0.6) is 5.75 Å². The maximum atomic E-state index is 13.2. The molecule has 0 amide bonds. The molecule has 1 unspecified atom stereocenters. The second kappa shape index (κ2) is 7.33. The maximum absolute atomic E-state index is 13.2. The van der Waals surface area contributed by atoms with Crippen molar-refractivity contribution in [2.24, 2.45) is 0 Å². The number of hydrogen-bond donors (Lipinski definition) is 1. The SMILES string of the molecule is CCC(O)(c1cnc(Sc2ccc3c(OC4CC4)cc(=O)oc3c2)s1)C(F)(F)F. The number of halogens is 3. The third-order valence-electron chi connectivity index (χ3n) is 4.57. The van der Waals surface area contributed by atoms with Crippen LogP contribution in [0.15, 0.2) is 48.9 Å². The molecule has 1 aromatic carbocycles. The largest absolute Gasteiger partial charge is 0.489 e. The Bertz CT molecular complexity index is 1110. The molecule has 0 spiro atoms. The Hall–Kier alpha value is -2.04. The molecule has 3 aromatic rings. The zero-order chi connectivity index (χ0) is 20.8. The van der Waals surface area contributed by atoms with Crippen molar-refractivity contribution in [2.45, 2.75) is 53.3 Å². The van der Waals surface area contributed by atoms with Crippen LogP contribution in [-0.4, -0.2) is 22.4 Å². The summed E-state index contributed by atoms with van der Waals surface area (Å²) in [6.07, 6.45) is -2.23. The van der Waals surface area contributed by atoms with Crippen molar-refractivity contribution >= 4 is 34.1 Å². The highest BCUT2D eigenvalue weighted by Crippen LogP contribution is 2.45. The first-order valence-corrected chi connectivity index (χ1v) is 10.5. The highest BCUT2D eigenvalue weighted by atomic mass is 32.2. The third kappa shape index (κ3) is 4.01. The number of benzene rings is 1. The molecular formula is C19H16F3NO4S2. The van der Waals surface area contributed by atoms with E-state index in [1.807, 2.05) is 0 Å². The van der Waals surface area contributed by atoms with E-state index in [2.05, 4.69) is 4.98 Å². The van der Waals surface area contributed by atoms with Gasteiger partial charge in [0.25, 0.3) is 0 Å². The number of fused-ring (bicyclic) bond motifs is 1. The van der Waals surface area contributed by atoms with Gasteiger partial charge in [0.15, 0.2) is 9.94 Å². The second-order valence-corrected chi connectivity index (χ2v) is 9.06. The lowest BCUT2D eigenvalue weighted by Crippen LogP contribution is -2.40. The van der Waals surface area contributed by atoms with Gasteiger partial charge in [0, 0.05) is 11.1 Å². The minimum absolute atomic E-state index is 0.119. The number of hydrogen-bond acceptors (Lipinski definition) is 7. The second-order valence-electron chi connectivity index (χ2n) is 6.71. The fourth-order valence-electron chi connectivity index (χ4n) is 2.75. The number of thiazole rings is 1. The summed E-state index contributed by atoms with van der Waals surface area (Å²) >= 11 is 1.90. The standard InChI is InChI=1S/C19H16F3NO4S2/c1-2-18(25,19(20,21)22)15-9-23-17(29-15)28-11-5-6-12-13(7-11)27-16(24)8-14(12)26-10-3-4-10/h5-10,25H,2-4H2,1H3. The van der Waals surface area contributed by atoms with Crippen LogP contribution in [0.4, 0.5) is 13.2 Å². The van der Waals surface area contributed by atoms with E-state index in [4.69, 9.17) is 9.15 Å². The van der Waals surface area contributed by atoms with Crippen LogP contribution in [-0.2, 0) is 5.60 Å². The van der Waals surface area contributed by atoms with E-state index >= 15 is 0 Å². The molecule has 29 heavy (non-hydrogen) atoms. The average molecular weight is 443 g/mol. The number of rotatable bonds is 6. The molecule has 5 nitrogen and oxygen atoms in total. The molecule has 1 aliphatic carbocycles. The van der Waals surface area contributed by atoms with Gasteiger partial charge < -0.3 is 14.3 Å². The lowest BCUT2D eigenvalue weighted by molar-refractivity contribution is -0.266.